The molecular weight excluding hydrogens is 136 g/mol. The molecule has 0 aromatic rings. The van der Waals surface area contributed by atoms with E-state index in [1.165, 1.54) is 6.42 Å². The quantitative estimate of drug-likeness (QED) is 0.439. The van der Waals surface area contributed by atoms with Crippen molar-refractivity contribution in [2.75, 3.05) is 0 Å². The minimum absolute atomic E-state index is 0.176. The van der Waals surface area contributed by atoms with E-state index in [4.69, 9.17) is 0 Å². The van der Waals surface area contributed by atoms with Gasteiger partial charge in [-0.15, -0.1) is 0 Å². The Hall–Kier alpha value is -0.590. The molecule has 0 aliphatic rings. The first-order valence-corrected chi connectivity index (χ1v) is 4.32. The number of hydrogen-bond donors (Lipinski definition) is 0. The van der Waals surface area contributed by atoms with Gasteiger partial charge in [0.15, 0.2) is 0 Å². The summed E-state index contributed by atoms with van der Waals surface area (Å²) in [6, 6.07) is 0. The Kier molecular flexibility index (Phi) is 5.81. The zero-order valence-corrected chi connectivity index (χ0v) is 7.71. The van der Waals surface area contributed by atoms with Gasteiger partial charge in [0.1, 0.15) is 6.29 Å². The molecule has 0 aromatic carbocycles. The summed E-state index contributed by atoms with van der Waals surface area (Å²) in [5.41, 5.74) is 0. The molecule has 0 bridgehead atoms. The largest absolute Gasteiger partial charge is 0.303 e. The minimum Gasteiger partial charge on any atom is -0.303 e. The van der Waals surface area contributed by atoms with Gasteiger partial charge in [0.2, 0.25) is 0 Å². The van der Waals surface area contributed by atoms with Crippen molar-refractivity contribution in [3.05, 3.63) is 12.2 Å². The Bertz CT molecular complexity index is 127. The molecule has 0 N–H and O–H groups in total. The molecule has 11 heavy (non-hydrogen) atoms. The van der Waals surface area contributed by atoms with E-state index in [1.807, 2.05) is 6.92 Å². The van der Waals surface area contributed by atoms with E-state index >= 15 is 0 Å². The van der Waals surface area contributed by atoms with E-state index in [2.05, 4.69) is 26.0 Å². The van der Waals surface area contributed by atoms with Gasteiger partial charge in [-0.3, -0.25) is 0 Å². The van der Waals surface area contributed by atoms with Crippen LogP contribution in [0.2, 0.25) is 0 Å². The van der Waals surface area contributed by atoms with Crippen molar-refractivity contribution in [2.45, 2.75) is 33.6 Å². The molecule has 0 fully saturated rings. The van der Waals surface area contributed by atoms with Crippen molar-refractivity contribution in [2.24, 2.45) is 11.8 Å². The molecular formula is C10H18O. The fourth-order valence-electron chi connectivity index (χ4n) is 0.717. The smallest absolute Gasteiger partial charge is 0.123 e. The number of hydrogen-bond acceptors (Lipinski definition) is 1. The summed E-state index contributed by atoms with van der Waals surface area (Å²) in [4.78, 5) is 10.2. The predicted octanol–water partition coefficient (Wildman–Crippen LogP) is 2.81. The maximum atomic E-state index is 10.2. The molecule has 0 spiro atoms. The Labute approximate surface area is 69.5 Å². The van der Waals surface area contributed by atoms with Crippen LogP contribution >= 0.6 is 0 Å². The van der Waals surface area contributed by atoms with Crippen molar-refractivity contribution < 1.29 is 4.79 Å². The molecule has 64 valence electrons. The van der Waals surface area contributed by atoms with Crippen LogP contribution < -0.4 is 0 Å². The summed E-state index contributed by atoms with van der Waals surface area (Å²) in [7, 11) is 0. The molecule has 0 aromatic heterocycles. The van der Waals surface area contributed by atoms with Crippen LogP contribution in [-0.4, -0.2) is 6.29 Å². The van der Waals surface area contributed by atoms with E-state index in [1.54, 1.807) is 0 Å². The molecule has 1 heteroatoms. The van der Waals surface area contributed by atoms with E-state index in [-0.39, 0.29) is 5.92 Å². The van der Waals surface area contributed by atoms with Crippen LogP contribution in [0.3, 0.4) is 0 Å². The molecule has 0 saturated heterocycles. The van der Waals surface area contributed by atoms with Gasteiger partial charge in [-0.25, -0.2) is 0 Å². The molecule has 0 heterocycles. The van der Waals surface area contributed by atoms with Crippen LogP contribution in [0.5, 0.6) is 0 Å². The van der Waals surface area contributed by atoms with Gasteiger partial charge in [-0.1, -0.05) is 39.3 Å². The molecule has 2 unspecified atom stereocenters. The van der Waals surface area contributed by atoms with Crippen LogP contribution in [0.4, 0.5) is 0 Å². The standard InChI is InChI=1S/C10H18O/c1-4-9(2)6-5-7-10(3)8-11/h5-6,8-10H,4,7H2,1-3H3/b6-5+. The van der Waals surface area contributed by atoms with Crippen LogP contribution in [-0.2, 0) is 4.79 Å². The highest BCUT2D eigenvalue weighted by atomic mass is 16.1. The lowest BCUT2D eigenvalue weighted by Gasteiger charge is -2.00. The lowest BCUT2D eigenvalue weighted by atomic mass is 10.1. The van der Waals surface area contributed by atoms with E-state index in [0.717, 1.165) is 12.7 Å². The number of carbonyl (C=O) groups excluding carboxylic acids is 1. The first-order valence-electron chi connectivity index (χ1n) is 4.32. The number of allylic oxidation sites excluding steroid dienone is 2. The first-order chi connectivity index (χ1) is 5.20. The second-order valence-corrected chi connectivity index (χ2v) is 3.16. The third-order valence-corrected chi connectivity index (χ3v) is 1.85. The summed E-state index contributed by atoms with van der Waals surface area (Å²) >= 11 is 0. The van der Waals surface area contributed by atoms with Crippen molar-refractivity contribution in [3.8, 4) is 0 Å². The van der Waals surface area contributed by atoms with Crippen molar-refractivity contribution in [1.82, 2.24) is 0 Å². The molecule has 0 amide bonds. The van der Waals surface area contributed by atoms with Crippen molar-refractivity contribution >= 4 is 6.29 Å². The predicted molar refractivity (Wildman–Crippen MR) is 48.4 cm³/mol. The molecule has 0 rings (SSSR count). The lowest BCUT2D eigenvalue weighted by molar-refractivity contribution is -0.110. The number of rotatable bonds is 5. The molecule has 0 aliphatic carbocycles. The molecule has 0 radical (unpaired) electrons. The SMILES string of the molecule is CCC(C)/C=C/CC(C)C=O. The van der Waals surface area contributed by atoms with Gasteiger partial charge in [-0.2, -0.15) is 0 Å². The van der Waals surface area contributed by atoms with Gasteiger partial charge >= 0.3 is 0 Å². The zero-order chi connectivity index (χ0) is 8.69. The molecule has 0 saturated carbocycles. The van der Waals surface area contributed by atoms with Gasteiger partial charge in [-0.05, 0) is 12.3 Å². The number of carbonyl (C=O) groups is 1. The third kappa shape index (κ3) is 5.84. The molecule has 2 atom stereocenters. The Balaban J connectivity index is 3.50. The van der Waals surface area contributed by atoms with Gasteiger partial charge in [0.05, 0.1) is 0 Å². The van der Waals surface area contributed by atoms with Gasteiger partial charge < -0.3 is 4.79 Å². The Morgan fingerprint density at radius 3 is 2.36 bits per heavy atom. The van der Waals surface area contributed by atoms with Gasteiger partial charge in [0, 0.05) is 5.92 Å². The highest BCUT2D eigenvalue weighted by Crippen LogP contribution is 2.05. The van der Waals surface area contributed by atoms with Gasteiger partial charge in [0.25, 0.3) is 0 Å². The summed E-state index contributed by atoms with van der Waals surface area (Å²) in [5, 5.41) is 0. The molecule has 1 nitrogen and oxygen atoms in total. The van der Waals surface area contributed by atoms with Crippen LogP contribution in [0.1, 0.15) is 33.6 Å². The van der Waals surface area contributed by atoms with Crippen molar-refractivity contribution in [1.29, 1.82) is 0 Å². The van der Waals surface area contributed by atoms with Crippen LogP contribution in [0.15, 0.2) is 12.2 Å². The third-order valence-electron chi connectivity index (χ3n) is 1.85. The topological polar surface area (TPSA) is 17.1 Å². The maximum absolute atomic E-state index is 10.2. The highest BCUT2D eigenvalue weighted by molar-refractivity contribution is 5.52. The van der Waals surface area contributed by atoms with Crippen LogP contribution in [0, 0.1) is 11.8 Å². The normalized spacial score (nSPS) is 16.6. The lowest BCUT2D eigenvalue weighted by Crippen LogP contribution is -1.93. The Morgan fingerprint density at radius 1 is 1.27 bits per heavy atom. The summed E-state index contributed by atoms with van der Waals surface area (Å²) < 4.78 is 0. The zero-order valence-electron chi connectivity index (χ0n) is 7.71. The summed E-state index contributed by atoms with van der Waals surface area (Å²) in [6.45, 7) is 6.29. The summed E-state index contributed by atoms with van der Waals surface area (Å²) in [5.74, 6) is 0.823. The van der Waals surface area contributed by atoms with Crippen molar-refractivity contribution in [3.63, 3.8) is 0 Å². The second-order valence-electron chi connectivity index (χ2n) is 3.16. The first kappa shape index (κ1) is 10.4. The van der Waals surface area contributed by atoms with E-state index in [0.29, 0.717) is 5.92 Å². The van der Waals surface area contributed by atoms with E-state index in [9.17, 15) is 4.79 Å². The minimum atomic E-state index is 0.176. The monoisotopic (exact) mass is 154 g/mol. The van der Waals surface area contributed by atoms with E-state index < -0.39 is 0 Å². The Morgan fingerprint density at radius 2 is 1.91 bits per heavy atom. The highest BCUT2D eigenvalue weighted by Gasteiger charge is 1.95. The average Bonchev–Trinajstić information content (AvgIpc) is 2.04. The maximum Gasteiger partial charge on any atom is 0.123 e. The van der Waals surface area contributed by atoms with Crippen LogP contribution in [0.25, 0.3) is 0 Å². The molecule has 0 aliphatic heterocycles. The number of aldehydes is 1. The second kappa shape index (κ2) is 6.14. The fraction of sp³-hybridized carbons (Fsp3) is 0.700. The summed E-state index contributed by atoms with van der Waals surface area (Å²) in [6.07, 6.45) is 7.34. The average molecular weight is 154 g/mol. The fourth-order valence-corrected chi connectivity index (χ4v) is 0.717.